The monoisotopic (exact) mass is 428 g/mol. The molecule has 0 radical (unpaired) electrons. The zero-order valence-electron chi connectivity index (χ0n) is 14.5. The fraction of sp³-hybridized carbons (Fsp3) is 0.474. The summed E-state index contributed by atoms with van der Waals surface area (Å²) in [6, 6.07) is 6.82. The second-order valence-corrected chi connectivity index (χ2v) is 10.4. The molecule has 120 valence electrons. The van der Waals surface area contributed by atoms with E-state index in [0.29, 0.717) is 0 Å². The molecule has 1 nitrogen and oxygen atoms in total. The van der Waals surface area contributed by atoms with Crippen molar-refractivity contribution in [1.82, 2.24) is 0 Å². The van der Waals surface area contributed by atoms with Crippen LogP contribution >= 0.6 is 33.9 Å². The van der Waals surface area contributed by atoms with Crippen LogP contribution < -0.4 is 4.74 Å². The lowest BCUT2D eigenvalue weighted by atomic mass is 9.78. The highest BCUT2D eigenvalue weighted by Gasteiger charge is 2.28. The number of methoxy groups -OCH3 is 1. The van der Waals surface area contributed by atoms with Gasteiger partial charge in [0.25, 0.3) is 0 Å². The molecule has 0 aliphatic heterocycles. The molecular weight excluding hydrogens is 403 g/mol. The quantitative estimate of drug-likeness (QED) is 0.489. The third-order valence-electron chi connectivity index (χ3n) is 3.84. The smallest absolute Gasteiger partial charge is 0.126 e. The molecule has 0 N–H and O–H groups in total. The van der Waals surface area contributed by atoms with Crippen LogP contribution in [0.3, 0.4) is 0 Å². The minimum absolute atomic E-state index is 0.0445. The summed E-state index contributed by atoms with van der Waals surface area (Å²) < 4.78 is 7.17. The van der Waals surface area contributed by atoms with Crippen molar-refractivity contribution < 1.29 is 4.74 Å². The molecule has 0 spiro atoms. The van der Waals surface area contributed by atoms with Gasteiger partial charge in [-0.1, -0.05) is 41.5 Å². The summed E-state index contributed by atoms with van der Waals surface area (Å²) in [4.78, 5) is 0. The molecule has 0 fully saturated rings. The third-order valence-corrected chi connectivity index (χ3v) is 5.88. The van der Waals surface area contributed by atoms with Crippen molar-refractivity contribution in [3.05, 3.63) is 37.6 Å². The van der Waals surface area contributed by atoms with Gasteiger partial charge in [0.2, 0.25) is 0 Å². The highest BCUT2D eigenvalue weighted by molar-refractivity contribution is 14.1. The molecule has 0 amide bonds. The highest BCUT2D eigenvalue weighted by atomic mass is 127. The molecule has 2 rings (SSSR count). The molecule has 0 aliphatic rings. The van der Waals surface area contributed by atoms with Crippen molar-refractivity contribution in [2.45, 2.75) is 52.4 Å². The van der Waals surface area contributed by atoms with E-state index in [9.17, 15) is 0 Å². The van der Waals surface area contributed by atoms with E-state index in [-0.39, 0.29) is 10.8 Å². The Balaban J connectivity index is 2.81. The molecule has 2 aromatic rings. The van der Waals surface area contributed by atoms with Crippen molar-refractivity contribution in [1.29, 1.82) is 0 Å². The summed E-state index contributed by atoms with van der Waals surface area (Å²) in [6.45, 7) is 13.5. The van der Waals surface area contributed by atoms with Crippen LogP contribution in [0.4, 0.5) is 0 Å². The normalized spacial score (nSPS) is 12.5. The van der Waals surface area contributed by atoms with Gasteiger partial charge in [0.15, 0.2) is 0 Å². The molecule has 3 heteroatoms. The molecular formula is C19H25IOS. The van der Waals surface area contributed by atoms with Gasteiger partial charge >= 0.3 is 0 Å². The topological polar surface area (TPSA) is 9.23 Å². The van der Waals surface area contributed by atoms with Gasteiger partial charge in [0.05, 0.1) is 9.99 Å². The fourth-order valence-electron chi connectivity index (χ4n) is 2.62. The van der Waals surface area contributed by atoms with Crippen LogP contribution in [0.5, 0.6) is 5.75 Å². The predicted octanol–water partition coefficient (Wildman–Crippen LogP) is 6.62. The van der Waals surface area contributed by atoms with E-state index >= 15 is 0 Å². The highest BCUT2D eigenvalue weighted by Crippen LogP contribution is 2.43. The van der Waals surface area contributed by atoms with Gasteiger partial charge in [0, 0.05) is 16.7 Å². The Labute approximate surface area is 152 Å². The number of thiophene rings is 1. The maximum Gasteiger partial charge on any atom is 0.126 e. The van der Waals surface area contributed by atoms with Crippen molar-refractivity contribution in [3.63, 3.8) is 0 Å². The average Bonchev–Trinajstić information content (AvgIpc) is 2.81. The first-order chi connectivity index (χ1) is 10.1. The molecule has 0 saturated heterocycles. The van der Waals surface area contributed by atoms with Crippen molar-refractivity contribution in [3.8, 4) is 16.9 Å². The average molecular weight is 428 g/mol. The molecule has 1 aromatic heterocycles. The summed E-state index contributed by atoms with van der Waals surface area (Å²) in [5.41, 5.74) is 5.26. The van der Waals surface area contributed by atoms with E-state index in [2.05, 4.69) is 87.7 Å². The number of rotatable bonds is 2. The molecule has 1 aromatic carbocycles. The fourth-order valence-corrected chi connectivity index (χ4v) is 4.19. The predicted molar refractivity (Wildman–Crippen MR) is 106 cm³/mol. The van der Waals surface area contributed by atoms with Gasteiger partial charge in [-0.25, -0.2) is 0 Å². The lowest BCUT2D eigenvalue weighted by molar-refractivity contribution is 0.381. The SMILES string of the molecule is COc1c(C(C)(C)C)cc(-c2ccsc2I)cc1C(C)(C)C. The number of benzene rings is 1. The standard InChI is InChI=1S/C19H25IOS/c1-18(2,3)14-10-12(13-8-9-22-17(13)20)11-15(16(14)21-7)19(4,5)6/h8-11H,1-7H3. The summed E-state index contributed by atoms with van der Waals surface area (Å²) in [7, 11) is 1.79. The summed E-state index contributed by atoms with van der Waals surface area (Å²) in [5, 5.41) is 2.16. The van der Waals surface area contributed by atoms with Crippen LogP contribution in [0.1, 0.15) is 52.7 Å². The molecule has 0 atom stereocenters. The lowest BCUT2D eigenvalue weighted by Crippen LogP contribution is -2.19. The van der Waals surface area contributed by atoms with Crippen LogP contribution in [0, 0.1) is 2.88 Å². The van der Waals surface area contributed by atoms with Crippen molar-refractivity contribution in [2.75, 3.05) is 7.11 Å². The second kappa shape index (κ2) is 6.16. The second-order valence-electron chi connectivity index (χ2n) is 7.71. The number of halogens is 1. The van der Waals surface area contributed by atoms with Crippen LogP contribution in [-0.2, 0) is 10.8 Å². The number of hydrogen-bond donors (Lipinski definition) is 0. The zero-order valence-corrected chi connectivity index (χ0v) is 17.5. The third kappa shape index (κ3) is 3.51. The van der Waals surface area contributed by atoms with Crippen molar-refractivity contribution in [2.24, 2.45) is 0 Å². The number of hydrogen-bond acceptors (Lipinski definition) is 2. The van der Waals surface area contributed by atoms with Gasteiger partial charge in [-0.2, -0.15) is 0 Å². The first kappa shape index (κ1) is 17.8. The molecule has 22 heavy (non-hydrogen) atoms. The minimum Gasteiger partial charge on any atom is -0.496 e. The van der Waals surface area contributed by atoms with Gasteiger partial charge in [-0.15, -0.1) is 11.3 Å². The van der Waals surface area contributed by atoms with Crippen molar-refractivity contribution >= 4 is 33.9 Å². The molecule has 0 bridgehead atoms. The van der Waals surface area contributed by atoms with Crippen LogP contribution in [-0.4, -0.2) is 7.11 Å². The zero-order chi connectivity index (χ0) is 16.7. The Kier molecular flexibility index (Phi) is 4.98. The van der Waals surface area contributed by atoms with E-state index in [1.165, 1.54) is 25.1 Å². The van der Waals surface area contributed by atoms with E-state index in [0.717, 1.165) is 5.75 Å². The van der Waals surface area contributed by atoms with E-state index < -0.39 is 0 Å². The van der Waals surface area contributed by atoms with E-state index in [1.807, 2.05) is 0 Å². The van der Waals surface area contributed by atoms with Crippen LogP contribution in [0.2, 0.25) is 0 Å². The maximum absolute atomic E-state index is 5.83. The number of ether oxygens (including phenoxy) is 1. The maximum atomic E-state index is 5.83. The largest absolute Gasteiger partial charge is 0.496 e. The van der Waals surface area contributed by atoms with Gasteiger partial charge < -0.3 is 4.74 Å². The molecule has 0 unspecified atom stereocenters. The van der Waals surface area contributed by atoms with Gasteiger partial charge in [-0.3, -0.25) is 0 Å². The Morgan fingerprint density at radius 1 is 0.955 bits per heavy atom. The van der Waals surface area contributed by atoms with Crippen LogP contribution in [0.25, 0.3) is 11.1 Å². The molecule has 1 heterocycles. The molecule has 0 saturated carbocycles. The van der Waals surface area contributed by atoms with E-state index in [4.69, 9.17) is 4.74 Å². The lowest BCUT2D eigenvalue weighted by Gasteiger charge is -2.30. The summed E-state index contributed by atoms with van der Waals surface area (Å²) in [5.74, 6) is 1.04. The molecule has 0 aliphatic carbocycles. The Bertz CT molecular complexity index is 636. The minimum atomic E-state index is 0.0445. The van der Waals surface area contributed by atoms with E-state index in [1.54, 1.807) is 18.4 Å². The Morgan fingerprint density at radius 3 is 1.77 bits per heavy atom. The van der Waals surface area contributed by atoms with Gasteiger partial charge in [0.1, 0.15) is 5.75 Å². The Hall–Kier alpha value is -0.550. The summed E-state index contributed by atoms with van der Waals surface area (Å²) in [6.07, 6.45) is 0. The summed E-state index contributed by atoms with van der Waals surface area (Å²) >= 11 is 4.22. The first-order valence-corrected chi connectivity index (χ1v) is 9.48. The van der Waals surface area contributed by atoms with Gasteiger partial charge in [-0.05, 0) is 62.6 Å². The van der Waals surface area contributed by atoms with Crippen LogP contribution in [0.15, 0.2) is 23.6 Å². The first-order valence-electron chi connectivity index (χ1n) is 7.52. The Morgan fingerprint density at radius 2 is 1.45 bits per heavy atom.